The first-order chi connectivity index (χ1) is 11.3. The number of aryl methyl sites for hydroxylation is 1. The van der Waals surface area contributed by atoms with Crippen molar-refractivity contribution in [2.24, 2.45) is 5.41 Å². The number of hydrogen-bond acceptors (Lipinski definition) is 5. The monoisotopic (exact) mass is 331 g/mol. The Balaban J connectivity index is 1.92. The molecule has 1 aliphatic rings. The van der Waals surface area contributed by atoms with E-state index in [2.05, 4.69) is 36.2 Å². The van der Waals surface area contributed by atoms with Crippen LogP contribution in [0.2, 0.25) is 0 Å². The van der Waals surface area contributed by atoms with E-state index in [0.29, 0.717) is 34.7 Å². The van der Waals surface area contributed by atoms with Crippen molar-refractivity contribution in [3.8, 4) is 0 Å². The van der Waals surface area contributed by atoms with Gasteiger partial charge in [0.1, 0.15) is 0 Å². The summed E-state index contributed by atoms with van der Waals surface area (Å²) in [6, 6.07) is 1.57. The minimum absolute atomic E-state index is 0.0144. The number of carbonyl (C=O) groups excluding carboxylic acids is 1. The molecule has 24 heavy (non-hydrogen) atoms. The molecule has 1 saturated carbocycles. The Hall–Kier alpha value is -1.95. The average molecular weight is 331 g/mol. The minimum Gasteiger partial charge on any atom is -0.394 e. The zero-order valence-electron chi connectivity index (χ0n) is 14.7. The van der Waals surface area contributed by atoms with Crippen molar-refractivity contribution in [3.05, 3.63) is 23.0 Å². The van der Waals surface area contributed by atoms with Gasteiger partial charge in [-0.3, -0.25) is 4.79 Å². The molecule has 3 rings (SSSR count). The molecular formula is C18H25N3O3. The molecular weight excluding hydrogens is 306 g/mol. The van der Waals surface area contributed by atoms with Crippen LogP contribution in [0.15, 0.2) is 10.6 Å². The van der Waals surface area contributed by atoms with E-state index in [9.17, 15) is 9.90 Å². The van der Waals surface area contributed by atoms with Gasteiger partial charge in [0.25, 0.3) is 11.6 Å². The fourth-order valence-corrected chi connectivity index (χ4v) is 3.04. The molecule has 2 heterocycles. The quantitative estimate of drug-likeness (QED) is 0.879. The van der Waals surface area contributed by atoms with Gasteiger partial charge in [0.15, 0.2) is 0 Å². The van der Waals surface area contributed by atoms with Gasteiger partial charge in [-0.05, 0) is 37.7 Å². The number of nitrogens with zero attached hydrogens (tertiary/aromatic N) is 2. The SMILES string of the molecule is Cc1noc2nc(C3CC3)cc(C(=O)NC(CO)CC(C)(C)C)c12. The topological polar surface area (TPSA) is 88.2 Å². The Morgan fingerprint density at radius 2 is 2.17 bits per heavy atom. The Morgan fingerprint density at radius 1 is 1.46 bits per heavy atom. The van der Waals surface area contributed by atoms with Crippen LogP contribution in [-0.4, -0.2) is 33.8 Å². The molecule has 6 heteroatoms. The number of amides is 1. The van der Waals surface area contributed by atoms with Crippen molar-refractivity contribution < 1.29 is 14.4 Å². The minimum atomic E-state index is -0.287. The van der Waals surface area contributed by atoms with Crippen LogP contribution in [0.1, 0.15) is 67.7 Å². The van der Waals surface area contributed by atoms with Gasteiger partial charge in [0.05, 0.1) is 29.3 Å². The molecule has 0 aromatic carbocycles. The number of aromatic nitrogens is 2. The van der Waals surface area contributed by atoms with Crippen LogP contribution >= 0.6 is 0 Å². The molecule has 130 valence electrons. The van der Waals surface area contributed by atoms with Crippen molar-refractivity contribution in [3.63, 3.8) is 0 Å². The number of pyridine rings is 1. The number of fused-ring (bicyclic) bond motifs is 1. The largest absolute Gasteiger partial charge is 0.394 e. The number of aliphatic hydroxyl groups excluding tert-OH is 1. The molecule has 2 aromatic heterocycles. The van der Waals surface area contributed by atoms with Gasteiger partial charge in [0, 0.05) is 11.6 Å². The summed E-state index contributed by atoms with van der Waals surface area (Å²) in [4.78, 5) is 17.3. The molecule has 1 unspecified atom stereocenters. The lowest BCUT2D eigenvalue weighted by Crippen LogP contribution is -2.40. The maximum absolute atomic E-state index is 12.8. The lowest BCUT2D eigenvalue weighted by molar-refractivity contribution is 0.0899. The van der Waals surface area contributed by atoms with Crippen LogP contribution in [0.25, 0.3) is 11.1 Å². The molecule has 0 radical (unpaired) electrons. The van der Waals surface area contributed by atoms with Crippen LogP contribution in [0, 0.1) is 12.3 Å². The van der Waals surface area contributed by atoms with E-state index in [0.717, 1.165) is 18.5 Å². The molecule has 0 spiro atoms. The van der Waals surface area contributed by atoms with Crippen molar-refractivity contribution in [2.45, 2.75) is 58.9 Å². The fourth-order valence-electron chi connectivity index (χ4n) is 3.04. The average Bonchev–Trinajstić information content (AvgIpc) is 3.29. The maximum Gasteiger partial charge on any atom is 0.259 e. The molecule has 0 aliphatic heterocycles. The van der Waals surface area contributed by atoms with Gasteiger partial charge >= 0.3 is 0 Å². The van der Waals surface area contributed by atoms with Crippen molar-refractivity contribution >= 4 is 17.0 Å². The van der Waals surface area contributed by atoms with Gasteiger partial charge in [-0.15, -0.1) is 0 Å². The van der Waals surface area contributed by atoms with Gasteiger partial charge < -0.3 is 14.9 Å². The Morgan fingerprint density at radius 3 is 2.75 bits per heavy atom. The summed E-state index contributed by atoms with van der Waals surface area (Å²) in [6.45, 7) is 7.97. The summed E-state index contributed by atoms with van der Waals surface area (Å²) in [5.41, 5.74) is 2.51. The lowest BCUT2D eigenvalue weighted by Gasteiger charge is -2.25. The van der Waals surface area contributed by atoms with Crippen molar-refractivity contribution in [1.82, 2.24) is 15.5 Å². The first-order valence-electron chi connectivity index (χ1n) is 8.47. The Kier molecular flexibility index (Phi) is 4.34. The first-order valence-corrected chi connectivity index (χ1v) is 8.47. The number of nitrogens with one attached hydrogen (secondary N) is 1. The van der Waals surface area contributed by atoms with E-state index in [1.165, 1.54) is 0 Å². The smallest absolute Gasteiger partial charge is 0.259 e. The maximum atomic E-state index is 12.8. The number of rotatable bonds is 5. The van der Waals surface area contributed by atoms with Crippen LogP contribution in [0.5, 0.6) is 0 Å². The molecule has 0 saturated heterocycles. The lowest BCUT2D eigenvalue weighted by atomic mass is 9.88. The molecule has 6 nitrogen and oxygen atoms in total. The first kappa shape index (κ1) is 16.9. The summed E-state index contributed by atoms with van der Waals surface area (Å²) in [5, 5.41) is 17.2. The zero-order valence-corrected chi connectivity index (χ0v) is 14.7. The third-order valence-electron chi connectivity index (χ3n) is 4.29. The molecule has 1 aliphatic carbocycles. The highest BCUT2D eigenvalue weighted by Gasteiger charge is 2.29. The van der Waals surface area contributed by atoms with E-state index >= 15 is 0 Å². The van der Waals surface area contributed by atoms with E-state index in [1.54, 1.807) is 6.92 Å². The van der Waals surface area contributed by atoms with Crippen molar-refractivity contribution in [1.29, 1.82) is 0 Å². The van der Waals surface area contributed by atoms with E-state index < -0.39 is 0 Å². The highest BCUT2D eigenvalue weighted by atomic mass is 16.5. The fraction of sp³-hybridized carbons (Fsp3) is 0.611. The van der Waals surface area contributed by atoms with Crippen LogP contribution in [0.4, 0.5) is 0 Å². The highest BCUT2D eigenvalue weighted by Crippen LogP contribution is 2.40. The summed E-state index contributed by atoms with van der Waals surface area (Å²) in [7, 11) is 0. The summed E-state index contributed by atoms with van der Waals surface area (Å²) in [5.74, 6) is 0.202. The van der Waals surface area contributed by atoms with Crippen LogP contribution < -0.4 is 5.32 Å². The van der Waals surface area contributed by atoms with Crippen LogP contribution in [0.3, 0.4) is 0 Å². The Labute approximate surface area is 141 Å². The van der Waals surface area contributed by atoms with E-state index in [-0.39, 0.29) is 24.0 Å². The molecule has 2 N–H and O–H groups in total. The summed E-state index contributed by atoms with van der Waals surface area (Å²) >= 11 is 0. The van der Waals surface area contributed by atoms with Gasteiger partial charge in [-0.1, -0.05) is 25.9 Å². The third-order valence-corrected chi connectivity index (χ3v) is 4.29. The second-order valence-electron chi connectivity index (χ2n) is 7.93. The molecule has 1 fully saturated rings. The van der Waals surface area contributed by atoms with Crippen molar-refractivity contribution in [2.75, 3.05) is 6.61 Å². The van der Waals surface area contributed by atoms with E-state index in [1.807, 2.05) is 6.07 Å². The second kappa shape index (κ2) is 6.16. The van der Waals surface area contributed by atoms with Gasteiger partial charge in [0.2, 0.25) is 0 Å². The molecule has 0 bridgehead atoms. The number of hydrogen-bond donors (Lipinski definition) is 2. The molecule has 2 aromatic rings. The summed E-state index contributed by atoms with van der Waals surface area (Å²) < 4.78 is 5.28. The molecule has 1 atom stereocenters. The highest BCUT2D eigenvalue weighted by molar-refractivity contribution is 6.06. The number of carbonyl (C=O) groups is 1. The normalized spacial score (nSPS) is 16.4. The predicted octanol–water partition coefficient (Wildman–Crippen LogP) is 2.94. The summed E-state index contributed by atoms with van der Waals surface area (Å²) in [6.07, 6.45) is 2.88. The zero-order chi connectivity index (χ0) is 17.5. The standard InChI is InChI=1S/C18H25N3O3/c1-10-15-13(16(23)19-12(9-22)8-18(2,3)4)7-14(11-5-6-11)20-17(15)24-21-10/h7,11-12,22H,5-6,8-9H2,1-4H3,(H,19,23). The number of aliphatic hydroxyl groups is 1. The predicted molar refractivity (Wildman–Crippen MR) is 90.9 cm³/mol. The van der Waals surface area contributed by atoms with E-state index in [4.69, 9.17) is 4.52 Å². The van der Waals surface area contributed by atoms with Gasteiger partial charge in [-0.25, -0.2) is 4.98 Å². The Bertz CT molecular complexity index is 757. The second-order valence-corrected chi connectivity index (χ2v) is 7.93. The third kappa shape index (κ3) is 3.59. The van der Waals surface area contributed by atoms with Gasteiger partial charge in [-0.2, -0.15) is 0 Å². The van der Waals surface area contributed by atoms with Crippen LogP contribution in [-0.2, 0) is 0 Å². The molecule has 1 amide bonds.